The van der Waals surface area contributed by atoms with Gasteiger partial charge in [-0.1, -0.05) is 0 Å². The molecule has 2 aliphatic rings. The highest BCUT2D eigenvalue weighted by Crippen LogP contribution is 2.43. The number of hydrogen-bond acceptors (Lipinski definition) is 8. The number of ether oxygens (including phenoxy) is 2. The number of fused-ring (bicyclic) bond motifs is 1. The second-order valence-electron chi connectivity index (χ2n) is 7.58. The van der Waals surface area contributed by atoms with Gasteiger partial charge < -0.3 is 20.1 Å². The van der Waals surface area contributed by atoms with E-state index in [2.05, 4.69) is 20.6 Å². The Balaban J connectivity index is 1.56. The molecule has 1 aliphatic heterocycles. The van der Waals surface area contributed by atoms with E-state index in [1.807, 2.05) is 10.6 Å². The van der Waals surface area contributed by atoms with E-state index in [1.165, 1.54) is 0 Å². The first kappa shape index (κ1) is 18.1. The van der Waals surface area contributed by atoms with Crippen molar-refractivity contribution in [2.24, 2.45) is 0 Å². The lowest BCUT2D eigenvalue weighted by molar-refractivity contribution is 0.405. The van der Waals surface area contributed by atoms with Crippen molar-refractivity contribution in [2.45, 2.75) is 37.6 Å². The summed E-state index contributed by atoms with van der Waals surface area (Å²) < 4.78 is 12.9. The maximum absolute atomic E-state index is 5.54. The van der Waals surface area contributed by atoms with Gasteiger partial charge in [0.25, 0.3) is 0 Å². The number of nitrogens with zero attached hydrogens (tertiary/aromatic N) is 5. The van der Waals surface area contributed by atoms with Gasteiger partial charge in [-0.2, -0.15) is 5.10 Å². The molecule has 0 radical (unpaired) electrons. The minimum Gasteiger partial charge on any atom is -0.495 e. The Morgan fingerprint density at radius 1 is 1.10 bits per heavy atom. The van der Waals surface area contributed by atoms with E-state index in [9.17, 15) is 0 Å². The maximum atomic E-state index is 5.54. The maximum Gasteiger partial charge on any atom is 0.223 e. The molecule has 0 aromatic carbocycles. The average molecular weight is 395 g/mol. The van der Waals surface area contributed by atoms with Gasteiger partial charge in [0.15, 0.2) is 11.4 Å². The molecule has 2 N–H and O–H groups in total. The number of imidazole rings is 1. The molecule has 0 unspecified atom stereocenters. The van der Waals surface area contributed by atoms with E-state index in [0.29, 0.717) is 35.0 Å². The minimum atomic E-state index is 0.316. The van der Waals surface area contributed by atoms with Crippen molar-refractivity contribution in [3.05, 3.63) is 24.2 Å². The Morgan fingerprint density at radius 2 is 1.97 bits per heavy atom. The van der Waals surface area contributed by atoms with Crippen LogP contribution in [0.5, 0.6) is 11.5 Å². The smallest absolute Gasteiger partial charge is 0.223 e. The third kappa shape index (κ3) is 3.46. The van der Waals surface area contributed by atoms with Crippen LogP contribution < -0.4 is 20.1 Å². The van der Waals surface area contributed by atoms with Crippen LogP contribution in [0.2, 0.25) is 0 Å². The molecule has 0 bridgehead atoms. The van der Waals surface area contributed by atoms with Gasteiger partial charge in [0.05, 0.1) is 26.6 Å². The van der Waals surface area contributed by atoms with Crippen LogP contribution in [0.1, 0.15) is 37.3 Å². The summed E-state index contributed by atoms with van der Waals surface area (Å²) in [6.07, 6.45) is 7.99. The topological polar surface area (TPSA) is 98.5 Å². The minimum absolute atomic E-state index is 0.316. The predicted octanol–water partition coefficient (Wildman–Crippen LogP) is 2.24. The number of rotatable bonds is 6. The summed E-state index contributed by atoms with van der Waals surface area (Å²) in [7, 11) is 3.30. The van der Waals surface area contributed by atoms with E-state index >= 15 is 0 Å². The lowest BCUT2D eigenvalue weighted by atomic mass is 10.1. The SMILES string of the molecule is COc1cnc(N[C@@H]2CCCNC2)nc1-c1cnc2cc(OC)c(C3CC3)nn12. The molecule has 1 saturated heterocycles. The van der Waals surface area contributed by atoms with Crippen molar-refractivity contribution in [2.75, 3.05) is 32.6 Å². The van der Waals surface area contributed by atoms with Gasteiger partial charge in [-0.05, 0) is 32.2 Å². The Kier molecular flexibility index (Phi) is 4.67. The predicted molar refractivity (Wildman–Crippen MR) is 109 cm³/mol. The second kappa shape index (κ2) is 7.47. The van der Waals surface area contributed by atoms with Crippen LogP contribution in [-0.4, -0.2) is 57.9 Å². The highest BCUT2D eigenvalue weighted by atomic mass is 16.5. The molecule has 2 fully saturated rings. The van der Waals surface area contributed by atoms with E-state index in [0.717, 1.165) is 55.9 Å². The number of anilines is 1. The third-order valence-electron chi connectivity index (χ3n) is 5.52. The van der Waals surface area contributed by atoms with Crippen molar-refractivity contribution < 1.29 is 9.47 Å². The van der Waals surface area contributed by atoms with Crippen LogP contribution in [0.25, 0.3) is 17.0 Å². The zero-order valence-electron chi connectivity index (χ0n) is 16.7. The number of nitrogens with one attached hydrogen (secondary N) is 2. The van der Waals surface area contributed by atoms with Crippen LogP contribution in [0.4, 0.5) is 5.95 Å². The number of methoxy groups -OCH3 is 2. The van der Waals surface area contributed by atoms with Crippen LogP contribution in [0, 0.1) is 0 Å². The van der Waals surface area contributed by atoms with Crippen molar-refractivity contribution in [3.63, 3.8) is 0 Å². The van der Waals surface area contributed by atoms with Crippen molar-refractivity contribution >= 4 is 11.6 Å². The fraction of sp³-hybridized carbons (Fsp3) is 0.500. The highest BCUT2D eigenvalue weighted by Gasteiger charge is 2.30. The number of aromatic nitrogens is 5. The summed E-state index contributed by atoms with van der Waals surface area (Å²) in [6.45, 7) is 1.97. The molecule has 0 amide bonds. The van der Waals surface area contributed by atoms with E-state index < -0.39 is 0 Å². The highest BCUT2D eigenvalue weighted by molar-refractivity contribution is 5.67. The summed E-state index contributed by atoms with van der Waals surface area (Å²) in [5.41, 5.74) is 3.13. The van der Waals surface area contributed by atoms with E-state index in [1.54, 1.807) is 26.6 Å². The standard InChI is InChI=1S/C20H25N7O2/c1-28-15-8-17-22-10-14(27(17)26-18(15)12-5-6-12)19-16(29-2)11-23-20(25-19)24-13-4-3-7-21-9-13/h8,10-13,21H,3-7,9H2,1-2H3,(H,23,24,25)/t13-/m1/s1. The molecule has 9 nitrogen and oxygen atoms in total. The van der Waals surface area contributed by atoms with Crippen LogP contribution in [0.3, 0.4) is 0 Å². The molecule has 0 spiro atoms. The molecule has 1 saturated carbocycles. The molecule has 1 atom stereocenters. The summed E-state index contributed by atoms with van der Waals surface area (Å²) in [4.78, 5) is 13.7. The molecule has 29 heavy (non-hydrogen) atoms. The van der Waals surface area contributed by atoms with E-state index in [4.69, 9.17) is 19.6 Å². The Morgan fingerprint density at radius 3 is 2.69 bits per heavy atom. The summed E-state index contributed by atoms with van der Waals surface area (Å²) in [6, 6.07) is 2.25. The molecule has 9 heteroatoms. The first-order chi connectivity index (χ1) is 14.3. The van der Waals surface area contributed by atoms with E-state index in [-0.39, 0.29) is 0 Å². The first-order valence-electron chi connectivity index (χ1n) is 10.1. The molecule has 152 valence electrons. The first-order valence-corrected chi connectivity index (χ1v) is 10.1. The molecular formula is C20H25N7O2. The summed E-state index contributed by atoms with van der Waals surface area (Å²) >= 11 is 0. The van der Waals surface area contributed by atoms with Gasteiger partial charge in [0, 0.05) is 24.6 Å². The van der Waals surface area contributed by atoms with Gasteiger partial charge in [-0.3, -0.25) is 0 Å². The molecular weight excluding hydrogens is 370 g/mol. The molecule has 4 heterocycles. The van der Waals surface area contributed by atoms with Crippen LogP contribution in [-0.2, 0) is 0 Å². The number of piperidine rings is 1. The average Bonchev–Trinajstić information content (AvgIpc) is 3.53. The lowest BCUT2D eigenvalue weighted by Gasteiger charge is -2.24. The second-order valence-corrected chi connectivity index (χ2v) is 7.58. The van der Waals surface area contributed by atoms with Crippen molar-refractivity contribution in [1.82, 2.24) is 29.9 Å². The van der Waals surface area contributed by atoms with Crippen LogP contribution >= 0.6 is 0 Å². The Hall–Kier alpha value is -2.94. The molecule has 5 rings (SSSR count). The quantitative estimate of drug-likeness (QED) is 0.656. The van der Waals surface area contributed by atoms with Gasteiger partial charge >= 0.3 is 0 Å². The normalized spacial score (nSPS) is 19.3. The zero-order valence-corrected chi connectivity index (χ0v) is 16.7. The Bertz CT molecular complexity index is 1030. The largest absolute Gasteiger partial charge is 0.495 e. The van der Waals surface area contributed by atoms with Crippen molar-refractivity contribution in [3.8, 4) is 22.9 Å². The summed E-state index contributed by atoms with van der Waals surface area (Å²) in [5, 5.41) is 11.7. The zero-order chi connectivity index (χ0) is 19.8. The van der Waals surface area contributed by atoms with Gasteiger partial charge in [-0.25, -0.2) is 19.5 Å². The van der Waals surface area contributed by atoms with Gasteiger partial charge in [0.1, 0.15) is 22.8 Å². The van der Waals surface area contributed by atoms with Gasteiger partial charge in [-0.15, -0.1) is 0 Å². The fourth-order valence-corrected chi connectivity index (χ4v) is 3.81. The summed E-state index contributed by atoms with van der Waals surface area (Å²) in [5.74, 6) is 2.41. The van der Waals surface area contributed by atoms with Crippen molar-refractivity contribution in [1.29, 1.82) is 0 Å². The number of hydrogen-bond donors (Lipinski definition) is 2. The monoisotopic (exact) mass is 395 g/mol. The third-order valence-corrected chi connectivity index (χ3v) is 5.52. The Labute approximate surface area is 168 Å². The molecule has 3 aromatic rings. The fourth-order valence-electron chi connectivity index (χ4n) is 3.81. The van der Waals surface area contributed by atoms with Gasteiger partial charge in [0.2, 0.25) is 5.95 Å². The van der Waals surface area contributed by atoms with Crippen LogP contribution in [0.15, 0.2) is 18.5 Å². The molecule has 3 aromatic heterocycles. The lowest BCUT2D eigenvalue weighted by Crippen LogP contribution is -2.38. The molecule has 1 aliphatic carbocycles.